The van der Waals surface area contributed by atoms with E-state index in [4.69, 9.17) is 10.2 Å². The van der Waals surface area contributed by atoms with Crippen LogP contribution in [0.3, 0.4) is 0 Å². The lowest BCUT2D eigenvalue weighted by Crippen LogP contribution is -2.04. The van der Waals surface area contributed by atoms with Crippen molar-refractivity contribution in [2.45, 2.75) is 13.0 Å². The average Bonchev–Trinajstić information content (AvgIpc) is 2.34. The summed E-state index contributed by atoms with van der Waals surface area (Å²) in [7, 11) is 0. The lowest BCUT2D eigenvalue weighted by atomic mass is 10.4. The monoisotopic (exact) mass is 143 g/mol. The van der Waals surface area contributed by atoms with Crippen LogP contribution >= 0.6 is 0 Å². The Labute approximate surface area is 57.7 Å². The standard InChI is InChI=1S/C5H9N3O2/c1-3-6-5(8-7-3)4(10)2-9/h4,9-10H,2H2,1H3,(H,6,7,8). The molecule has 0 radical (unpaired) electrons. The summed E-state index contributed by atoms with van der Waals surface area (Å²) < 4.78 is 0. The summed E-state index contributed by atoms with van der Waals surface area (Å²) in [5.74, 6) is 0.863. The van der Waals surface area contributed by atoms with Gasteiger partial charge in [0.05, 0.1) is 6.61 Å². The first-order valence-electron chi connectivity index (χ1n) is 2.92. The van der Waals surface area contributed by atoms with Gasteiger partial charge in [0.1, 0.15) is 11.9 Å². The van der Waals surface area contributed by atoms with E-state index in [2.05, 4.69) is 15.2 Å². The van der Waals surface area contributed by atoms with Crippen molar-refractivity contribution in [2.75, 3.05) is 6.61 Å². The second kappa shape index (κ2) is 2.76. The topological polar surface area (TPSA) is 82.0 Å². The number of nitrogens with zero attached hydrogens (tertiary/aromatic N) is 2. The highest BCUT2D eigenvalue weighted by Crippen LogP contribution is 2.03. The molecule has 1 heterocycles. The van der Waals surface area contributed by atoms with E-state index < -0.39 is 6.10 Å². The van der Waals surface area contributed by atoms with Gasteiger partial charge in [0.15, 0.2) is 5.82 Å². The molecular weight excluding hydrogens is 134 g/mol. The zero-order valence-corrected chi connectivity index (χ0v) is 5.57. The van der Waals surface area contributed by atoms with Gasteiger partial charge in [-0.15, -0.1) is 0 Å². The van der Waals surface area contributed by atoms with Crippen LogP contribution in [0.25, 0.3) is 0 Å². The maximum atomic E-state index is 8.95. The highest BCUT2D eigenvalue weighted by Gasteiger charge is 2.09. The molecule has 0 aliphatic rings. The summed E-state index contributed by atoms with van der Waals surface area (Å²) in [5.41, 5.74) is 0. The summed E-state index contributed by atoms with van der Waals surface area (Å²) in [6, 6.07) is 0. The molecular formula is C5H9N3O2. The van der Waals surface area contributed by atoms with E-state index in [1.807, 2.05) is 0 Å². The molecule has 1 aromatic heterocycles. The minimum Gasteiger partial charge on any atom is -0.393 e. The number of rotatable bonds is 2. The number of hydrogen-bond acceptors (Lipinski definition) is 4. The van der Waals surface area contributed by atoms with E-state index in [1.54, 1.807) is 6.92 Å². The molecule has 3 N–H and O–H groups in total. The molecule has 0 aliphatic heterocycles. The quantitative estimate of drug-likeness (QED) is 0.503. The molecule has 0 aromatic carbocycles. The minimum absolute atomic E-state index is 0.236. The van der Waals surface area contributed by atoms with Crippen molar-refractivity contribution < 1.29 is 10.2 Å². The van der Waals surface area contributed by atoms with Crippen LogP contribution in [0.15, 0.2) is 0 Å². The number of nitrogens with one attached hydrogen (secondary N) is 1. The van der Waals surface area contributed by atoms with Crippen LogP contribution < -0.4 is 0 Å². The number of aliphatic hydroxyl groups excluding tert-OH is 2. The summed E-state index contributed by atoms with van der Waals surface area (Å²) >= 11 is 0. The first kappa shape index (κ1) is 7.17. The summed E-state index contributed by atoms with van der Waals surface area (Å²) in [6.45, 7) is 1.37. The van der Waals surface area contributed by atoms with Gasteiger partial charge in [-0.25, -0.2) is 4.98 Å². The molecule has 56 valence electrons. The predicted molar refractivity (Wildman–Crippen MR) is 33.2 cm³/mol. The first-order chi connectivity index (χ1) is 4.74. The zero-order chi connectivity index (χ0) is 7.56. The number of aliphatic hydroxyl groups is 2. The van der Waals surface area contributed by atoms with E-state index in [1.165, 1.54) is 0 Å². The third-order valence-corrected chi connectivity index (χ3v) is 1.09. The highest BCUT2D eigenvalue weighted by molar-refractivity contribution is 4.91. The number of hydrogen-bond donors (Lipinski definition) is 3. The van der Waals surface area contributed by atoms with Gasteiger partial charge in [0, 0.05) is 0 Å². The maximum absolute atomic E-state index is 8.95. The van der Waals surface area contributed by atoms with E-state index in [-0.39, 0.29) is 12.4 Å². The van der Waals surface area contributed by atoms with Crippen molar-refractivity contribution in [3.63, 3.8) is 0 Å². The SMILES string of the molecule is Cc1nc(C(O)CO)n[nH]1. The molecule has 0 saturated carbocycles. The van der Waals surface area contributed by atoms with Gasteiger partial charge in [-0.05, 0) is 6.92 Å². The van der Waals surface area contributed by atoms with Crippen molar-refractivity contribution in [3.05, 3.63) is 11.6 Å². The Hall–Kier alpha value is -0.940. The summed E-state index contributed by atoms with van der Waals surface area (Å²) in [5, 5.41) is 23.6. The molecule has 5 nitrogen and oxygen atoms in total. The molecule has 10 heavy (non-hydrogen) atoms. The first-order valence-corrected chi connectivity index (χ1v) is 2.92. The summed E-state index contributed by atoms with van der Waals surface area (Å²) in [4.78, 5) is 3.80. The van der Waals surface area contributed by atoms with Crippen molar-refractivity contribution in [3.8, 4) is 0 Å². The van der Waals surface area contributed by atoms with Crippen LogP contribution in [0.1, 0.15) is 17.8 Å². The van der Waals surface area contributed by atoms with Crippen LogP contribution in [-0.4, -0.2) is 32.0 Å². The fraction of sp³-hybridized carbons (Fsp3) is 0.600. The number of H-pyrrole nitrogens is 1. The second-order valence-electron chi connectivity index (χ2n) is 1.98. The Morgan fingerprint density at radius 1 is 1.70 bits per heavy atom. The van der Waals surface area contributed by atoms with E-state index in [0.29, 0.717) is 5.82 Å². The van der Waals surface area contributed by atoms with Crippen molar-refractivity contribution in [2.24, 2.45) is 0 Å². The number of aromatic nitrogens is 3. The zero-order valence-electron chi connectivity index (χ0n) is 5.57. The van der Waals surface area contributed by atoms with Crippen LogP contribution in [0.5, 0.6) is 0 Å². The molecule has 0 aliphatic carbocycles. The van der Waals surface area contributed by atoms with Crippen LogP contribution in [0.4, 0.5) is 0 Å². The third-order valence-electron chi connectivity index (χ3n) is 1.09. The lowest BCUT2D eigenvalue weighted by Gasteiger charge is -1.97. The molecule has 0 bridgehead atoms. The number of aryl methyl sites for hydroxylation is 1. The van der Waals surface area contributed by atoms with Gasteiger partial charge >= 0.3 is 0 Å². The molecule has 1 atom stereocenters. The fourth-order valence-corrected chi connectivity index (χ4v) is 0.591. The van der Waals surface area contributed by atoms with Crippen LogP contribution in [0.2, 0.25) is 0 Å². The molecule has 1 aromatic rings. The average molecular weight is 143 g/mol. The van der Waals surface area contributed by atoms with Gasteiger partial charge in [-0.2, -0.15) is 5.10 Å². The second-order valence-corrected chi connectivity index (χ2v) is 1.98. The molecule has 0 fully saturated rings. The molecule has 1 unspecified atom stereocenters. The Bertz CT molecular complexity index is 210. The van der Waals surface area contributed by atoms with Gasteiger partial charge in [-0.3, -0.25) is 5.10 Å². The van der Waals surface area contributed by atoms with Crippen LogP contribution in [-0.2, 0) is 0 Å². The molecule has 0 amide bonds. The lowest BCUT2D eigenvalue weighted by molar-refractivity contribution is 0.0889. The van der Waals surface area contributed by atoms with Crippen molar-refractivity contribution >= 4 is 0 Å². The van der Waals surface area contributed by atoms with E-state index in [0.717, 1.165) is 0 Å². The fourth-order valence-electron chi connectivity index (χ4n) is 0.591. The van der Waals surface area contributed by atoms with Gasteiger partial charge in [0.25, 0.3) is 0 Å². The predicted octanol–water partition coefficient (Wildman–Crippen LogP) is -0.861. The highest BCUT2D eigenvalue weighted by atomic mass is 16.3. The number of aromatic amines is 1. The van der Waals surface area contributed by atoms with Gasteiger partial charge < -0.3 is 10.2 Å². The largest absolute Gasteiger partial charge is 0.393 e. The van der Waals surface area contributed by atoms with Crippen LogP contribution in [0, 0.1) is 6.92 Å². The molecule has 5 heteroatoms. The summed E-state index contributed by atoms with van der Waals surface area (Å²) in [6.07, 6.45) is -0.968. The Balaban J connectivity index is 2.74. The minimum atomic E-state index is -0.968. The van der Waals surface area contributed by atoms with Crippen molar-refractivity contribution in [1.29, 1.82) is 0 Å². The van der Waals surface area contributed by atoms with Crippen molar-refractivity contribution in [1.82, 2.24) is 15.2 Å². The Morgan fingerprint density at radius 3 is 2.80 bits per heavy atom. The molecule has 1 rings (SSSR count). The van der Waals surface area contributed by atoms with Gasteiger partial charge in [-0.1, -0.05) is 0 Å². The normalized spacial score (nSPS) is 13.5. The Kier molecular flexibility index (Phi) is 1.98. The van der Waals surface area contributed by atoms with E-state index >= 15 is 0 Å². The maximum Gasteiger partial charge on any atom is 0.181 e. The Morgan fingerprint density at radius 2 is 2.40 bits per heavy atom. The third kappa shape index (κ3) is 1.31. The van der Waals surface area contributed by atoms with Gasteiger partial charge in [0.2, 0.25) is 0 Å². The smallest absolute Gasteiger partial charge is 0.181 e. The molecule has 0 spiro atoms. The van der Waals surface area contributed by atoms with E-state index in [9.17, 15) is 0 Å². The molecule has 0 saturated heterocycles.